The smallest absolute Gasteiger partial charge is 0.408 e. The molecule has 0 unspecified atom stereocenters. The molecule has 1 rings (SSSR count). The molecule has 0 aromatic carbocycles. The summed E-state index contributed by atoms with van der Waals surface area (Å²) >= 11 is 0. The summed E-state index contributed by atoms with van der Waals surface area (Å²) in [4.78, 5) is 14.0. The van der Waals surface area contributed by atoms with Crippen molar-refractivity contribution in [1.82, 2.24) is 10.2 Å². The third-order valence-electron chi connectivity index (χ3n) is 3.13. The number of nitrogens with zero attached hydrogens (tertiary/aromatic N) is 2. The Labute approximate surface area is 109 Å². The Bertz CT molecular complexity index is 333. The lowest BCUT2D eigenvalue weighted by Crippen LogP contribution is -2.55. The molecule has 1 aliphatic rings. The van der Waals surface area contributed by atoms with E-state index in [1.54, 1.807) is 0 Å². The number of carbonyl (C=O) groups excluding carboxylic acids is 1. The van der Waals surface area contributed by atoms with Crippen molar-refractivity contribution in [2.45, 2.75) is 51.2 Å². The zero-order valence-electron chi connectivity index (χ0n) is 11.7. The number of nitrogens with one attached hydrogen (secondary N) is 1. The summed E-state index contributed by atoms with van der Waals surface area (Å²) in [6, 6.07) is 2.17. The molecule has 0 saturated carbocycles. The number of rotatable bonds is 2. The molecule has 0 spiro atoms. The summed E-state index contributed by atoms with van der Waals surface area (Å²) in [7, 11) is 2.05. The molecule has 0 aromatic heterocycles. The number of ether oxygens (including phenoxy) is 1. The predicted molar refractivity (Wildman–Crippen MR) is 69.1 cm³/mol. The fraction of sp³-hybridized carbons (Fsp3) is 0.846. The van der Waals surface area contributed by atoms with Crippen molar-refractivity contribution in [2.75, 3.05) is 20.1 Å². The predicted octanol–water partition coefficient (Wildman–Crippen LogP) is 1.89. The fourth-order valence-electron chi connectivity index (χ4n) is 2.06. The van der Waals surface area contributed by atoms with E-state index >= 15 is 0 Å². The molecule has 5 heteroatoms. The van der Waals surface area contributed by atoms with Gasteiger partial charge in [-0.3, -0.25) is 0 Å². The van der Waals surface area contributed by atoms with E-state index in [-0.39, 0.29) is 0 Å². The number of likely N-dealkylation sites (tertiary alicyclic amines) is 1. The monoisotopic (exact) mass is 253 g/mol. The number of alkyl carbamates (subject to hydrolysis) is 1. The van der Waals surface area contributed by atoms with Gasteiger partial charge in [0.1, 0.15) is 5.60 Å². The van der Waals surface area contributed by atoms with Gasteiger partial charge in [-0.25, -0.2) is 4.79 Å². The third-order valence-corrected chi connectivity index (χ3v) is 3.13. The van der Waals surface area contributed by atoms with Gasteiger partial charge in [-0.15, -0.1) is 0 Å². The van der Waals surface area contributed by atoms with Gasteiger partial charge in [0.15, 0.2) is 0 Å². The van der Waals surface area contributed by atoms with Crippen molar-refractivity contribution < 1.29 is 9.53 Å². The number of piperidine rings is 1. The molecule has 1 saturated heterocycles. The lowest BCUT2D eigenvalue weighted by molar-refractivity contribution is 0.0401. The van der Waals surface area contributed by atoms with E-state index in [0.717, 1.165) is 25.9 Å². The number of nitriles is 1. The highest BCUT2D eigenvalue weighted by Crippen LogP contribution is 2.25. The average Bonchev–Trinajstić information content (AvgIpc) is 2.20. The Morgan fingerprint density at radius 3 is 2.44 bits per heavy atom. The van der Waals surface area contributed by atoms with E-state index in [1.807, 2.05) is 27.8 Å². The highest BCUT2D eigenvalue weighted by atomic mass is 16.6. The summed E-state index contributed by atoms with van der Waals surface area (Å²) in [5.74, 6) is 0. The maximum Gasteiger partial charge on any atom is 0.408 e. The summed E-state index contributed by atoms with van der Waals surface area (Å²) in [5.41, 5.74) is -0.938. The molecule has 18 heavy (non-hydrogen) atoms. The molecule has 1 amide bonds. The molecule has 0 aliphatic carbocycles. The van der Waals surface area contributed by atoms with Crippen LogP contribution in [-0.2, 0) is 4.74 Å². The van der Waals surface area contributed by atoms with Crippen molar-refractivity contribution in [3.05, 3.63) is 0 Å². The van der Waals surface area contributed by atoms with E-state index in [0.29, 0.717) is 6.42 Å². The molecule has 1 N–H and O–H groups in total. The van der Waals surface area contributed by atoms with Crippen LogP contribution in [0.1, 0.15) is 40.0 Å². The summed E-state index contributed by atoms with van der Waals surface area (Å²) < 4.78 is 5.27. The number of carbonyl (C=O) groups is 1. The van der Waals surface area contributed by atoms with Gasteiger partial charge in [0.25, 0.3) is 0 Å². The first-order chi connectivity index (χ1) is 8.26. The topological polar surface area (TPSA) is 65.4 Å². The SMILES string of the molecule is CN1CCC(CC#N)(NC(=O)OC(C)(C)C)CC1. The lowest BCUT2D eigenvalue weighted by atomic mass is 9.85. The van der Waals surface area contributed by atoms with E-state index in [1.165, 1.54) is 0 Å². The molecule has 1 heterocycles. The van der Waals surface area contributed by atoms with Gasteiger partial charge in [-0.2, -0.15) is 5.26 Å². The maximum atomic E-state index is 11.8. The minimum Gasteiger partial charge on any atom is -0.444 e. The summed E-state index contributed by atoms with van der Waals surface area (Å²) in [6.45, 7) is 7.27. The summed E-state index contributed by atoms with van der Waals surface area (Å²) in [5, 5.41) is 11.8. The van der Waals surface area contributed by atoms with Crippen molar-refractivity contribution in [2.24, 2.45) is 0 Å². The van der Waals surface area contributed by atoms with E-state index in [4.69, 9.17) is 10.00 Å². The van der Waals surface area contributed by atoms with E-state index in [9.17, 15) is 4.79 Å². The molecule has 1 aliphatic heterocycles. The van der Waals surface area contributed by atoms with Crippen LogP contribution in [0.2, 0.25) is 0 Å². The lowest BCUT2D eigenvalue weighted by Gasteiger charge is -2.40. The van der Waals surface area contributed by atoms with E-state index in [2.05, 4.69) is 16.3 Å². The van der Waals surface area contributed by atoms with Gasteiger partial charge in [0.2, 0.25) is 0 Å². The second-order valence-electron chi connectivity index (χ2n) is 6.05. The molecular weight excluding hydrogens is 230 g/mol. The van der Waals surface area contributed by atoms with Gasteiger partial charge in [-0.1, -0.05) is 0 Å². The molecule has 5 nitrogen and oxygen atoms in total. The highest BCUT2D eigenvalue weighted by molar-refractivity contribution is 5.69. The largest absolute Gasteiger partial charge is 0.444 e. The van der Waals surface area contributed by atoms with Crippen molar-refractivity contribution in [3.8, 4) is 6.07 Å². The molecule has 102 valence electrons. The second kappa shape index (κ2) is 5.57. The normalized spacial score (nSPS) is 19.9. The third kappa shape index (κ3) is 4.53. The summed E-state index contributed by atoms with van der Waals surface area (Å²) in [6.07, 6.45) is 1.48. The molecule has 0 radical (unpaired) electrons. The van der Waals surface area contributed by atoms with Gasteiger partial charge in [0.05, 0.1) is 18.0 Å². The number of amides is 1. The van der Waals surface area contributed by atoms with Crippen molar-refractivity contribution in [3.63, 3.8) is 0 Å². The van der Waals surface area contributed by atoms with E-state index < -0.39 is 17.2 Å². The Morgan fingerprint density at radius 2 is 2.00 bits per heavy atom. The van der Waals surface area contributed by atoms with Crippen LogP contribution in [0, 0.1) is 11.3 Å². The Hall–Kier alpha value is -1.28. The zero-order valence-corrected chi connectivity index (χ0v) is 11.7. The second-order valence-corrected chi connectivity index (χ2v) is 6.05. The minimum absolute atomic E-state index is 0.333. The molecule has 0 atom stereocenters. The maximum absolute atomic E-state index is 11.8. The van der Waals surface area contributed by atoms with Crippen LogP contribution >= 0.6 is 0 Å². The quantitative estimate of drug-likeness (QED) is 0.816. The first-order valence-electron chi connectivity index (χ1n) is 6.33. The van der Waals surface area contributed by atoms with Gasteiger partial charge in [0, 0.05) is 13.1 Å². The standard InChI is InChI=1S/C13H23N3O2/c1-12(2,3)18-11(17)15-13(5-8-14)6-9-16(4)10-7-13/h5-7,9-10H2,1-4H3,(H,15,17). The Morgan fingerprint density at radius 1 is 1.44 bits per heavy atom. The fourth-order valence-corrected chi connectivity index (χ4v) is 2.06. The van der Waals surface area contributed by atoms with Gasteiger partial charge < -0.3 is 15.0 Å². The first kappa shape index (κ1) is 14.8. The Kier molecular flexibility index (Phi) is 4.58. The van der Waals surface area contributed by atoms with Crippen LogP contribution < -0.4 is 5.32 Å². The van der Waals surface area contributed by atoms with Crippen LogP contribution in [0.15, 0.2) is 0 Å². The van der Waals surface area contributed by atoms with Crippen molar-refractivity contribution in [1.29, 1.82) is 5.26 Å². The van der Waals surface area contributed by atoms with Crippen LogP contribution in [0.25, 0.3) is 0 Å². The minimum atomic E-state index is -0.511. The molecule has 1 fully saturated rings. The van der Waals surface area contributed by atoms with Crippen LogP contribution in [0.3, 0.4) is 0 Å². The average molecular weight is 253 g/mol. The van der Waals surface area contributed by atoms with Crippen LogP contribution in [-0.4, -0.2) is 42.3 Å². The first-order valence-corrected chi connectivity index (χ1v) is 6.33. The van der Waals surface area contributed by atoms with Crippen LogP contribution in [0.5, 0.6) is 0 Å². The van der Waals surface area contributed by atoms with Gasteiger partial charge in [-0.05, 0) is 40.7 Å². The van der Waals surface area contributed by atoms with Gasteiger partial charge >= 0.3 is 6.09 Å². The Balaban J connectivity index is 2.63. The van der Waals surface area contributed by atoms with Crippen molar-refractivity contribution >= 4 is 6.09 Å². The number of hydrogen-bond donors (Lipinski definition) is 1. The number of hydrogen-bond acceptors (Lipinski definition) is 4. The van der Waals surface area contributed by atoms with Crippen LogP contribution in [0.4, 0.5) is 4.79 Å². The molecule has 0 aromatic rings. The zero-order chi connectivity index (χ0) is 13.8. The molecule has 0 bridgehead atoms. The molecular formula is C13H23N3O2. The highest BCUT2D eigenvalue weighted by Gasteiger charge is 2.36.